The van der Waals surface area contributed by atoms with Crippen LogP contribution >= 0.6 is 0 Å². The van der Waals surface area contributed by atoms with Gasteiger partial charge in [0.25, 0.3) is 0 Å². The van der Waals surface area contributed by atoms with Gasteiger partial charge in [0.05, 0.1) is 0 Å². The van der Waals surface area contributed by atoms with Gasteiger partial charge in [-0.1, -0.05) is 24.3 Å². The van der Waals surface area contributed by atoms with Crippen molar-refractivity contribution in [3.63, 3.8) is 0 Å². The molecule has 3 heteroatoms. The Morgan fingerprint density at radius 2 is 1.20 bits per heavy atom. The van der Waals surface area contributed by atoms with E-state index in [4.69, 9.17) is 4.74 Å². The summed E-state index contributed by atoms with van der Waals surface area (Å²) in [6.45, 7) is 0. The van der Waals surface area contributed by atoms with Crippen molar-refractivity contribution < 1.29 is 38.3 Å². The molecule has 0 aliphatic carbocycles. The molecular formula is C12H8ClIO. The molecule has 2 aromatic carbocycles. The molecule has 76 valence electrons. The predicted octanol–water partition coefficient (Wildman–Crippen LogP) is -3.08. The van der Waals surface area contributed by atoms with Crippen molar-refractivity contribution in [2.24, 2.45) is 0 Å². The molecule has 2 aromatic rings. The van der Waals surface area contributed by atoms with Crippen LogP contribution in [0.3, 0.4) is 0 Å². The predicted molar refractivity (Wildman–Crippen MR) is 50.4 cm³/mol. The molecule has 0 unspecified atom stereocenters. The second-order valence-corrected chi connectivity index (χ2v) is 5.92. The summed E-state index contributed by atoms with van der Waals surface area (Å²) in [6.07, 6.45) is 0. The first-order valence-corrected chi connectivity index (χ1v) is 6.60. The lowest BCUT2D eigenvalue weighted by Crippen LogP contribution is -3.61. The molecule has 1 nitrogen and oxygen atoms in total. The minimum Gasteiger partial charge on any atom is -1.00 e. The van der Waals surface area contributed by atoms with Crippen LogP contribution in [0.1, 0.15) is 0 Å². The molecule has 15 heavy (non-hydrogen) atoms. The highest BCUT2D eigenvalue weighted by molar-refractivity contribution is 5.32. The summed E-state index contributed by atoms with van der Waals surface area (Å²) in [7, 11) is 0. The Hall–Kier alpha value is -0.740. The first-order valence-electron chi connectivity index (χ1n) is 4.44. The van der Waals surface area contributed by atoms with Gasteiger partial charge >= 0.3 is 21.2 Å². The summed E-state index contributed by atoms with van der Waals surface area (Å²) in [5, 5.41) is 0. The number of benzene rings is 2. The van der Waals surface area contributed by atoms with E-state index in [1.54, 1.807) is 0 Å². The average molecular weight is 331 g/mol. The number of hydrogen-bond donors (Lipinski definition) is 0. The van der Waals surface area contributed by atoms with Crippen LogP contribution in [-0.4, -0.2) is 0 Å². The second-order valence-electron chi connectivity index (χ2n) is 3.06. The molecule has 0 radical (unpaired) electrons. The summed E-state index contributed by atoms with van der Waals surface area (Å²) < 4.78 is 8.56. The van der Waals surface area contributed by atoms with E-state index in [2.05, 4.69) is 24.3 Å². The molecule has 0 amide bonds. The van der Waals surface area contributed by atoms with E-state index in [1.165, 1.54) is 7.14 Å². The first kappa shape index (κ1) is 10.8. The highest BCUT2D eigenvalue weighted by atomic mass is 127. The second kappa shape index (κ2) is 4.41. The van der Waals surface area contributed by atoms with Gasteiger partial charge in [0.1, 0.15) is 0 Å². The number of ether oxygens (including phenoxy) is 1. The quantitative estimate of drug-likeness (QED) is 0.398. The van der Waals surface area contributed by atoms with E-state index < -0.39 is 0 Å². The number of hydrogen-bond acceptors (Lipinski definition) is 1. The molecule has 0 saturated carbocycles. The Morgan fingerprint density at radius 3 is 1.73 bits per heavy atom. The topological polar surface area (TPSA) is 9.23 Å². The molecular weight excluding hydrogens is 322 g/mol. The van der Waals surface area contributed by atoms with E-state index in [0.29, 0.717) is 0 Å². The van der Waals surface area contributed by atoms with E-state index in [0.717, 1.165) is 11.5 Å². The average Bonchev–Trinajstić information content (AvgIpc) is 2.26. The zero-order valence-electron chi connectivity index (χ0n) is 7.78. The normalized spacial score (nSPS) is 11.7. The van der Waals surface area contributed by atoms with E-state index in [1.807, 2.05) is 24.3 Å². The highest BCUT2D eigenvalue weighted by Gasteiger charge is 2.30. The maximum absolute atomic E-state index is 5.80. The van der Waals surface area contributed by atoms with Crippen molar-refractivity contribution in [3.05, 3.63) is 55.7 Å². The van der Waals surface area contributed by atoms with Crippen LogP contribution in [0.15, 0.2) is 48.5 Å². The summed E-state index contributed by atoms with van der Waals surface area (Å²) >= 11 is -0.0497. The van der Waals surface area contributed by atoms with Gasteiger partial charge in [0.2, 0.25) is 7.14 Å². The van der Waals surface area contributed by atoms with Crippen molar-refractivity contribution in [1.82, 2.24) is 0 Å². The van der Waals surface area contributed by atoms with Crippen molar-refractivity contribution in [3.8, 4) is 11.5 Å². The van der Waals surface area contributed by atoms with Gasteiger partial charge in [0, 0.05) is 0 Å². The number of para-hydroxylation sites is 2. The lowest BCUT2D eigenvalue weighted by atomic mass is 10.3. The Kier molecular flexibility index (Phi) is 3.17. The van der Waals surface area contributed by atoms with Crippen molar-refractivity contribution >= 4 is 0 Å². The van der Waals surface area contributed by atoms with E-state index >= 15 is 0 Å². The number of fused-ring (bicyclic) bond motifs is 2. The number of rotatable bonds is 0. The van der Waals surface area contributed by atoms with Crippen molar-refractivity contribution in [2.45, 2.75) is 0 Å². The molecule has 0 bridgehead atoms. The maximum atomic E-state index is 5.80. The summed E-state index contributed by atoms with van der Waals surface area (Å²) in [5.74, 6) is 2.08. The van der Waals surface area contributed by atoms with Crippen molar-refractivity contribution in [1.29, 1.82) is 0 Å². The third kappa shape index (κ3) is 1.96. The standard InChI is InChI=1S/C12H8IO.ClH/c1-3-7-11-9(5-1)13-10-6-2-4-8-12(10)14-11;/h1-8H;1H/q+1;/p-1. The molecule has 1 aliphatic rings. The monoisotopic (exact) mass is 330 g/mol. The van der Waals surface area contributed by atoms with Gasteiger partial charge in [-0.15, -0.1) is 0 Å². The summed E-state index contributed by atoms with van der Waals surface area (Å²) in [6, 6.07) is 16.6. The van der Waals surface area contributed by atoms with Gasteiger partial charge in [0.15, 0.2) is 11.5 Å². The molecule has 0 N–H and O–H groups in total. The molecule has 1 heterocycles. The minimum atomic E-state index is -0.0497. The van der Waals surface area contributed by atoms with Crippen LogP contribution in [0, 0.1) is 7.14 Å². The zero-order valence-corrected chi connectivity index (χ0v) is 10.7. The van der Waals surface area contributed by atoms with E-state index in [-0.39, 0.29) is 33.6 Å². The molecule has 3 rings (SSSR count). The van der Waals surface area contributed by atoms with Crippen LogP contribution in [0.4, 0.5) is 0 Å². The fraction of sp³-hybridized carbons (Fsp3) is 0. The number of halogens is 2. The molecule has 0 atom stereocenters. The minimum absolute atomic E-state index is 0. The molecule has 0 fully saturated rings. The molecule has 1 aliphatic heterocycles. The van der Waals surface area contributed by atoms with Gasteiger partial charge < -0.3 is 17.1 Å². The fourth-order valence-electron chi connectivity index (χ4n) is 1.44. The zero-order chi connectivity index (χ0) is 9.38. The lowest BCUT2D eigenvalue weighted by molar-refractivity contribution is -0.602. The fourth-order valence-corrected chi connectivity index (χ4v) is 3.95. The Labute approximate surface area is 105 Å². The molecule has 0 saturated heterocycles. The van der Waals surface area contributed by atoms with Crippen LogP contribution in [0.5, 0.6) is 11.5 Å². The first-order chi connectivity index (χ1) is 6.93. The van der Waals surface area contributed by atoms with Crippen LogP contribution in [0.25, 0.3) is 0 Å². The largest absolute Gasteiger partial charge is 1.00 e. The highest BCUT2D eigenvalue weighted by Crippen LogP contribution is 2.22. The van der Waals surface area contributed by atoms with Gasteiger partial charge in [-0.25, -0.2) is 0 Å². The third-order valence-corrected chi connectivity index (χ3v) is 5.04. The Morgan fingerprint density at radius 1 is 0.733 bits per heavy atom. The van der Waals surface area contributed by atoms with Crippen LogP contribution in [0.2, 0.25) is 0 Å². The van der Waals surface area contributed by atoms with Crippen LogP contribution < -0.4 is 38.3 Å². The van der Waals surface area contributed by atoms with Gasteiger partial charge in [-0.05, 0) is 24.3 Å². The maximum Gasteiger partial charge on any atom is 0.366 e. The summed E-state index contributed by atoms with van der Waals surface area (Å²) in [5.41, 5.74) is 0. The van der Waals surface area contributed by atoms with Gasteiger partial charge in [-0.3, -0.25) is 0 Å². The molecule has 0 aromatic heterocycles. The lowest BCUT2D eigenvalue weighted by Gasteiger charge is -2.09. The van der Waals surface area contributed by atoms with Crippen LogP contribution in [-0.2, 0) is 0 Å². The Balaban J connectivity index is 0.000000853. The van der Waals surface area contributed by atoms with Crippen molar-refractivity contribution in [2.75, 3.05) is 0 Å². The third-order valence-electron chi connectivity index (χ3n) is 2.10. The molecule has 0 spiro atoms. The van der Waals surface area contributed by atoms with Gasteiger partial charge in [-0.2, -0.15) is 0 Å². The summed E-state index contributed by atoms with van der Waals surface area (Å²) in [4.78, 5) is 0. The smallest absolute Gasteiger partial charge is 0.366 e. The Bertz CT molecular complexity index is 397. The SMILES string of the molecule is [Cl-].c1ccc2c(c1)Oc1ccccc1[I+]2. The van der Waals surface area contributed by atoms with E-state index in [9.17, 15) is 0 Å².